The summed E-state index contributed by atoms with van der Waals surface area (Å²) in [7, 11) is 3.99. The molecule has 2 aliphatic rings. The standard InChI is InChI=1S/C20H31N3O2.HI/c1-21-20(23(2)11-6-16-7-12-24-13-8-16)22-10-5-17-3-4-19-18(15-17)9-14-25-19;/h3-4,15-16H,5-14H2,1-2H3,(H,21,22);1H. The Morgan fingerprint density at radius 1 is 1.27 bits per heavy atom. The van der Waals surface area contributed by atoms with Crippen molar-refractivity contribution in [1.82, 2.24) is 10.2 Å². The van der Waals surface area contributed by atoms with E-state index in [4.69, 9.17) is 9.47 Å². The van der Waals surface area contributed by atoms with E-state index in [0.717, 1.165) is 63.4 Å². The van der Waals surface area contributed by atoms with E-state index < -0.39 is 0 Å². The first-order chi connectivity index (χ1) is 12.3. The summed E-state index contributed by atoms with van der Waals surface area (Å²) in [5, 5.41) is 3.49. The van der Waals surface area contributed by atoms with E-state index in [0.29, 0.717) is 0 Å². The predicted octanol–water partition coefficient (Wildman–Crippen LogP) is 3.11. The molecule has 0 saturated carbocycles. The van der Waals surface area contributed by atoms with Gasteiger partial charge < -0.3 is 19.7 Å². The van der Waals surface area contributed by atoms with Crippen molar-refractivity contribution < 1.29 is 9.47 Å². The van der Waals surface area contributed by atoms with Crippen LogP contribution >= 0.6 is 24.0 Å². The van der Waals surface area contributed by atoms with Gasteiger partial charge in [0.1, 0.15) is 5.75 Å². The topological polar surface area (TPSA) is 46.1 Å². The van der Waals surface area contributed by atoms with Crippen LogP contribution in [0.15, 0.2) is 23.2 Å². The van der Waals surface area contributed by atoms with Gasteiger partial charge in [-0.15, -0.1) is 24.0 Å². The lowest BCUT2D eigenvalue weighted by Gasteiger charge is -2.26. The van der Waals surface area contributed by atoms with Crippen LogP contribution in [-0.2, 0) is 17.6 Å². The Hall–Kier alpha value is -1.02. The molecule has 26 heavy (non-hydrogen) atoms. The maximum atomic E-state index is 5.57. The first-order valence-electron chi connectivity index (χ1n) is 9.50. The lowest BCUT2D eigenvalue weighted by Crippen LogP contribution is -2.40. The Morgan fingerprint density at radius 3 is 2.85 bits per heavy atom. The van der Waals surface area contributed by atoms with E-state index in [-0.39, 0.29) is 24.0 Å². The minimum Gasteiger partial charge on any atom is -0.493 e. The Balaban J connectivity index is 0.00000243. The number of ether oxygens (including phenoxy) is 2. The quantitative estimate of drug-likeness (QED) is 0.392. The largest absolute Gasteiger partial charge is 0.493 e. The summed E-state index contributed by atoms with van der Waals surface area (Å²) in [6.45, 7) is 4.61. The van der Waals surface area contributed by atoms with E-state index >= 15 is 0 Å². The van der Waals surface area contributed by atoms with Crippen molar-refractivity contribution >= 4 is 29.9 Å². The lowest BCUT2D eigenvalue weighted by atomic mass is 9.96. The molecule has 3 rings (SSSR count). The molecule has 0 bridgehead atoms. The second-order valence-corrected chi connectivity index (χ2v) is 7.03. The fraction of sp³-hybridized carbons (Fsp3) is 0.650. The van der Waals surface area contributed by atoms with Crippen molar-refractivity contribution in [2.75, 3.05) is 47.0 Å². The van der Waals surface area contributed by atoms with Crippen LogP contribution in [0.3, 0.4) is 0 Å². The van der Waals surface area contributed by atoms with Crippen LogP contribution < -0.4 is 10.1 Å². The maximum absolute atomic E-state index is 5.57. The highest BCUT2D eigenvalue weighted by atomic mass is 127. The molecule has 0 atom stereocenters. The van der Waals surface area contributed by atoms with E-state index in [1.165, 1.54) is 30.4 Å². The van der Waals surface area contributed by atoms with Crippen LogP contribution in [0.4, 0.5) is 0 Å². The van der Waals surface area contributed by atoms with Gasteiger partial charge in [0.25, 0.3) is 0 Å². The molecule has 5 nitrogen and oxygen atoms in total. The first-order valence-corrected chi connectivity index (χ1v) is 9.50. The molecular formula is C20H32IN3O2. The minimum absolute atomic E-state index is 0. The minimum atomic E-state index is 0. The molecule has 0 amide bonds. The van der Waals surface area contributed by atoms with Crippen LogP contribution in [0.25, 0.3) is 0 Å². The van der Waals surface area contributed by atoms with Gasteiger partial charge in [0.05, 0.1) is 6.61 Å². The van der Waals surface area contributed by atoms with Gasteiger partial charge in [-0.3, -0.25) is 4.99 Å². The normalized spacial score (nSPS) is 17.2. The Labute approximate surface area is 174 Å². The predicted molar refractivity (Wildman–Crippen MR) is 117 cm³/mol. The molecule has 0 radical (unpaired) electrons. The van der Waals surface area contributed by atoms with Crippen LogP contribution in [-0.4, -0.2) is 57.9 Å². The van der Waals surface area contributed by atoms with Gasteiger partial charge in [-0.2, -0.15) is 0 Å². The molecule has 0 aliphatic carbocycles. The number of aliphatic imine (C=N–C) groups is 1. The van der Waals surface area contributed by atoms with E-state index in [9.17, 15) is 0 Å². The summed E-state index contributed by atoms with van der Waals surface area (Å²) in [5.41, 5.74) is 2.70. The molecule has 1 aromatic rings. The zero-order valence-electron chi connectivity index (χ0n) is 16.0. The molecule has 1 fully saturated rings. The van der Waals surface area contributed by atoms with Crippen molar-refractivity contribution in [1.29, 1.82) is 0 Å². The third kappa shape index (κ3) is 6.01. The van der Waals surface area contributed by atoms with Gasteiger partial charge in [-0.25, -0.2) is 0 Å². The van der Waals surface area contributed by atoms with Gasteiger partial charge in [0.2, 0.25) is 0 Å². The van der Waals surface area contributed by atoms with Crippen LogP contribution in [0.1, 0.15) is 30.4 Å². The third-order valence-electron chi connectivity index (χ3n) is 5.24. The fourth-order valence-electron chi connectivity index (χ4n) is 3.62. The summed E-state index contributed by atoms with van der Waals surface area (Å²) >= 11 is 0. The molecule has 1 saturated heterocycles. The maximum Gasteiger partial charge on any atom is 0.193 e. The van der Waals surface area contributed by atoms with Crippen molar-refractivity contribution in [2.24, 2.45) is 10.9 Å². The van der Waals surface area contributed by atoms with Gasteiger partial charge in [-0.05, 0) is 48.8 Å². The lowest BCUT2D eigenvalue weighted by molar-refractivity contribution is 0.0625. The number of benzene rings is 1. The highest BCUT2D eigenvalue weighted by molar-refractivity contribution is 14.0. The van der Waals surface area contributed by atoms with Crippen molar-refractivity contribution in [3.05, 3.63) is 29.3 Å². The number of rotatable bonds is 6. The van der Waals surface area contributed by atoms with Crippen LogP contribution in [0.2, 0.25) is 0 Å². The second kappa shape index (κ2) is 11.0. The van der Waals surface area contributed by atoms with Gasteiger partial charge in [0, 0.05) is 46.8 Å². The molecule has 146 valence electrons. The zero-order chi connectivity index (χ0) is 17.5. The number of nitrogens with zero attached hydrogens (tertiary/aromatic N) is 2. The number of hydrogen-bond donors (Lipinski definition) is 1. The van der Waals surface area contributed by atoms with Crippen molar-refractivity contribution in [3.63, 3.8) is 0 Å². The van der Waals surface area contributed by atoms with Gasteiger partial charge in [0.15, 0.2) is 5.96 Å². The number of hydrogen-bond acceptors (Lipinski definition) is 3. The molecule has 1 N–H and O–H groups in total. The molecule has 0 unspecified atom stereocenters. The Kier molecular flexibility index (Phi) is 8.98. The average molecular weight is 473 g/mol. The van der Waals surface area contributed by atoms with E-state index in [2.05, 4.69) is 40.5 Å². The number of guanidine groups is 1. The Morgan fingerprint density at radius 2 is 2.08 bits per heavy atom. The van der Waals surface area contributed by atoms with Crippen LogP contribution in [0.5, 0.6) is 5.75 Å². The van der Waals surface area contributed by atoms with Crippen molar-refractivity contribution in [2.45, 2.75) is 32.1 Å². The van der Waals surface area contributed by atoms with Crippen LogP contribution in [0, 0.1) is 5.92 Å². The molecule has 1 aromatic carbocycles. The summed E-state index contributed by atoms with van der Waals surface area (Å²) in [6, 6.07) is 6.55. The smallest absolute Gasteiger partial charge is 0.193 e. The molecular weight excluding hydrogens is 441 g/mol. The summed E-state index contributed by atoms with van der Waals surface area (Å²) in [6.07, 6.45) is 5.64. The fourth-order valence-corrected chi connectivity index (χ4v) is 3.62. The molecule has 0 aromatic heterocycles. The SMILES string of the molecule is CN=C(NCCc1ccc2c(c1)CCO2)N(C)CCC1CCOCC1.I. The van der Waals surface area contributed by atoms with Crippen molar-refractivity contribution in [3.8, 4) is 5.75 Å². The first kappa shape index (κ1) is 21.3. The van der Waals surface area contributed by atoms with E-state index in [1.54, 1.807) is 0 Å². The van der Waals surface area contributed by atoms with Gasteiger partial charge >= 0.3 is 0 Å². The average Bonchev–Trinajstić information content (AvgIpc) is 3.12. The van der Waals surface area contributed by atoms with Gasteiger partial charge in [-0.1, -0.05) is 12.1 Å². The zero-order valence-corrected chi connectivity index (χ0v) is 18.3. The number of nitrogens with one attached hydrogen (secondary N) is 1. The highest BCUT2D eigenvalue weighted by Crippen LogP contribution is 2.25. The third-order valence-corrected chi connectivity index (χ3v) is 5.24. The number of fused-ring (bicyclic) bond motifs is 1. The highest BCUT2D eigenvalue weighted by Gasteiger charge is 2.15. The summed E-state index contributed by atoms with van der Waals surface area (Å²) in [5.74, 6) is 2.83. The van der Waals surface area contributed by atoms with E-state index in [1.807, 2.05) is 7.05 Å². The molecule has 0 spiro atoms. The summed E-state index contributed by atoms with van der Waals surface area (Å²) in [4.78, 5) is 6.67. The Bertz CT molecular complexity index is 588. The molecule has 6 heteroatoms. The molecule has 2 heterocycles. The second-order valence-electron chi connectivity index (χ2n) is 7.03. The summed E-state index contributed by atoms with van der Waals surface area (Å²) < 4.78 is 11.0. The number of halogens is 1. The molecule has 2 aliphatic heterocycles. The monoisotopic (exact) mass is 473 g/mol.